The molecule has 100 valence electrons. The second kappa shape index (κ2) is 6.14. The Balaban J connectivity index is 1.84. The highest BCUT2D eigenvalue weighted by atomic mass is 19.1. The van der Waals surface area contributed by atoms with E-state index in [0.29, 0.717) is 11.9 Å². The highest BCUT2D eigenvalue weighted by Crippen LogP contribution is 2.22. The second-order valence-corrected chi connectivity index (χ2v) is 5.15. The number of nitrogens with zero attached hydrogens (tertiary/aromatic N) is 3. The third-order valence-corrected chi connectivity index (χ3v) is 3.84. The van der Waals surface area contributed by atoms with Crippen LogP contribution in [0.4, 0.5) is 10.2 Å². The highest BCUT2D eigenvalue weighted by Gasteiger charge is 2.19. The largest absolute Gasteiger partial charge is 0.356 e. The van der Waals surface area contributed by atoms with Gasteiger partial charge in [-0.1, -0.05) is 12.8 Å². The van der Waals surface area contributed by atoms with Crippen molar-refractivity contribution in [3.05, 3.63) is 24.1 Å². The van der Waals surface area contributed by atoms with Crippen LogP contribution < -0.4 is 4.90 Å². The number of anilines is 1. The Labute approximate surface area is 109 Å². The molecule has 0 bridgehead atoms. The van der Waals surface area contributed by atoms with Crippen LogP contribution >= 0.6 is 0 Å². The predicted molar refractivity (Wildman–Crippen MR) is 72.4 cm³/mol. The van der Waals surface area contributed by atoms with Crippen LogP contribution in [0.5, 0.6) is 0 Å². The summed E-state index contributed by atoms with van der Waals surface area (Å²) in [6, 6.07) is 3.79. The standard InChI is InChI=1S/C14H22FN3/c1-17(12-6-3-4-7-12)10-11-18(2)14-13(15)8-5-9-16-14/h5,8-9,12H,3-4,6-7,10-11H2,1-2H3. The first-order valence-electron chi connectivity index (χ1n) is 6.70. The van der Waals surface area contributed by atoms with Gasteiger partial charge in [0.15, 0.2) is 11.6 Å². The Hall–Kier alpha value is -1.16. The lowest BCUT2D eigenvalue weighted by molar-refractivity contribution is 0.251. The van der Waals surface area contributed by atoms with E-state index in [-0.39, 0.29) is 5.82 Å². The minimum absolute atomic E-state index is 0.247. The normalized spacial score (nSPS) is 16.4. The lowest BCUT2D eigenvalue weighted by Crippen LogP contribution is -2.36. The monoisotopic (exact) mass is 251 g/mol. The molecule has 2 rings (SSSR count). The van der Waals surface area contributed by atoms with Crippen LogP contribution in [0, 0.1) is 5.82 Å². The van der Waals surface area contributed by atoms with Crippen molar-refractivity contribution >= 4 is 5.82 Å². The summed E-state index contributed by atoms with van der Waals surface area (Å²) in [7, 11) is 4.06. The Morgan fingerprint density at radius 3 is 2.67 bits per heavy atom. The zero-order chi connectivity index (χ0) is 13.0. The molecule has 4 heteroatoms. The topological polar surface area (TPSA) is 19.4 Å². The van der Waals surface area contributed by atoms with Gasteiger partial charge in [-0.2, -0.15) is 0 Å². The Kier molecular flexibility index (Phi) is 4.53. The number of hydrogen-bond donors (Lipinski definition) is 0. The molecule has 0 unspecified atom stereocenters. The summed E-state index contributed by atoms with van der Waals surface area (Å²) in [5.41, 5.74) is 0. The average Bonchev–Trinajstić information content (AvgIpc) is 2.90. The van der Waals surface area contributed by atoms with Gasteiger partial charge < -0.3 is 9.80 Å². The first-order chi connectivity index (χ1) is 8.68. The molecule has 3 nitrogen and oxygen atoms in total. The lowest BCUT2D eigenvalue weighted by Gasteiger charge is -2.27. The fourth-order valence-electron chi connectivity index (χ4n) is 2.60. The molecule has 0 radical (unpaired) electrons. The van der Waals surface area contributed by atoms with E-state index >= 15 is 0 Å². The molecule has 0 atom stereocenters. The van der Waals surface area contributed by atoms with Crippen molar-refractivity contribution < 1.29 is 4.39 Å². The quantitative estimate of drug-likeness (QED) is 0.801. The molecule has 0 saturated heterocycles. The minimum Gasteiger partial charge on any atom is -0.356 e. The minimum atomic E-state index is -0.247. The number of likely N-dealkylation sites (N-methyl/N-ethyl adjacent to an activating group) is 2. The number of rotatable bonds is 5. The maximum atomic E-state index is 13.5. The zero-order valence-corrected chi connectivity index (χ0v) is 11.3. The van der Waals surface area contributed by atoms with Gasteiger partial charge in [-0.3, -0.25) is 0 Å². The van der Waals surface area contributed by atoms with Crippen LogP contribution in [0.25, 0.3) is 0 Å². The summed E-state index contributed by atoms with van der Waals surface area (Å²) >= 11 is 0. The third kappa shape index (κ3) is 3.19. The molecule has 1 aromatic rings. The van der Waals surface area contributed by atoms with Crippen molar-refractivity contribution in [2.24, 2.45) is 0 Å². The number of halogens is 1. The van der Waals surface area contributed by atoms with Crippen molar-refractivity contribution in [3.8, 4) is 0 Å². The Morgan fingerprint density at radius 1 is 1.28 bits per heavy atom. The Bertz CT molecular complexity index is 377. The maximum Gasteiger partial charge on any atom is 0.165 e. The molecule has 1 heterocycles. The van der Waals surface area contributed by atoms with E-state index in [4.69, 9.17) is 0 Å². The van der Waals surface area contributed by atoms with E-state index in [2.05, 4.69) is 16.9 Å². The van der Waals surface area contributed by atoms with Crippen LogP contribution in [-0.2, 0) is 0 Å². The first-order valence-corrected chi connectivity index (χ1v) is 6.70. The van der Waals surface area contributed by atoms with E-state index in [1.54, 1.807) is 12.3 Å². The number of pyridine rings is 1. The molecule has 1 saturated carbocycles. The van der Waals surface area contributed by atoms with Crippen LogP contribution in [0.15, 0.2) is 18.3 Å². The van der Waals surface area contributed by atoms with E-state index in [1.807, 2.05) is 11.9 Å². The van der Waals surface area contributed by atoms with E-state index in [1.165, 1.54) is 31.7 Å². The molecule has 0 aliphatic heterocycles. The maximum absolute atomic E-state index is 13.5. The predicted octanol–water partition coefficient (Wildman–Crippen LogP) is 2.53. The summed E-state index contributed by atoms with van der Waals surface area (Å²) in [5.74, 6) is 0.195. The van der Waals surface area contributed by atoms with Gasteiger partial charge >= 0.3 is 0 Å². The van der Waals surface area contributed by atoms with Crippen molar-refractivity contribution in [1.82, 2.24) is 9.88 Å². The van der Waals surface area contributed by atoms with Gasteiger partial charge in [0.1, 0.15) is 0 Å². The van der Waals surface area contributed by atoms with E-state index in [9.17, 15) is 4.39 Å². The average molecular weight is 251 g/mol. The smallest absolute Gasteiger partial charge is 0.165 e. The van der Waals surface area contributed by atoms with E-state index in [0.717, 1.165) is 13.1 Å². The first kappa shape index (κ1) is 13.3. The number of aromatic nitrogens is 1. The molecule has 1 aromatic heterocycles. The fourth-order valence-corrected chi connectivity index (χ4v) is 2.60. The highest BCUT2D eigenvalue weighted by molar-refractivity contribution is 5.38. The van der Waals surface area contributed by atoms with Gasteiger partial charge in [-0.25, -0.2) is 9.37 Å². The van der Waals surface area contributed by atoms with Gasteiger partial charge in [0.05, 0.1) is 0 Å². The van der Waals surface area contributed by atoms with Crippen molar-refractivity contribution in [3.63, 3.8) is 0 Å². The van der Waals surface area contributed by atoms with Gasteiger partial charge in [0, 0.05) is 32.4 Å². The lowest BCUT2D eigenvalue weighted by atomic mass is 10.2. The van der Waals surface area contributed by atoms with Crippen LogP contribution in [0.2, 0.25) is 0 Å². The molecule has 1 aliphatic rings. The second-order valence-electron chi connectivity index (χ2n) is 5.15. The summed E-state index contributed by atoms with van der Waals surface area (Å²) in [6.45, 7) is 1.76. The zero-order valence-electron chi connectivity index (χ0n) is 11.3. The summed E-state index contributed by atoms with van der Waals surface area (Å²) in [5, 5.41) is 0. The molecule has 0 amide bonds. The van der Waals surface area contributed by atoms with Gasteiger partial charge in [0.2, 0.25) is 0 Å². The molecular weight excluding hydrogens is 229 g/mol. The number of hydrogen-bond acceptors (Lipinski definition) is 3. The molecule has 0 spiro atoms. The van der Waals surface area contributed by atoms with Gasteiger partial charge in [-0.05, 0) is 32.0 Å². The van der Waals surface area contributed by atoms with Crippen molar-refractivity contribution in [1.29, 1.82) is 0 Å². The fraction of sp³-hybridized carbons (Fsp3) is 0.643. The van der Waals surface area contributed by atoms with Crippen LogP contribution in [0.1, 0.15) is 25.7 Å². The molecule has 1 fully saturated rings. The summed E-state index contributed by atoms with van der Waals surface area (Å²) in [6.07, 6.45) is 6.94. The summed E-state index contributed by atoms with van der Waals surface area (Å²) in [4.78, 5) is 8.37. The van der Waals surface area contributed by atoms with Gasteiger partial charge in [-0.15, -0.1) is 0 Å². The van der Waals surface area contributed by atoms with Gasteiger partial charge in [0.25, 0.3) is 0 Å². The molecule has 0 N–H and O–H groups in total. The molecule has 0 aromatic carbocycles. The SMILES string of the molecule is CN(CCN(C)C1CCCC1)c1ncccc1F. The summed E-state index contributed by atoms with van der Waals surface area (Å²) < 4.78 is 13.5. The van der Waals surface area contributed by atoms with Crippen LogP contribution in [-0.4, -0.2) is 43.1 Å². The Morgan fingerprint density at radius 2 is 2.00 bits per heavy atom. The van der Waals surface area contributed by atoms with Crippen molar-refractivity contribution in [2.75, 3.05) is 32.1 Å². The van der Waals surface area contributed by atoms with Crippen LogP contribution in [0.3, 0.4) is 0 Å². The molecule has 18 heavy (non-hydrogen) atoms. The molecule has 1 aliphatic carbocycles. The third-order valence-electron chi connectivity index (χ3n) is 3.84. The van der Waals surface area contributed by atoms with E-state index < -0.39 is 0 Å². The van der Waals surface area contributed by atoms with Crippen molar-refractivity contribution in [2.45, 2.75) is 31.7 Å². The molecular formula is C14H22FN3.